The number of nitrogens with two attached hydrogens (primary N) is 1. The molecule has 1 saturated heterocycles. The van der Waals surface area contributed by atoms with Gasteiger partial charge in [-0.3, -0.25) is 4.90 Å². The molecule has 0 saturated carbocycles. The van der Waals surface area contributed by atoms with E-state index in [1.165, 1.54) is 0 Å². The molecule has 116 valence electrons. The first-order valence-corrected chi connectivity index (χ1v) is 7.34. The molecule has 0 bridgehead atoms. The number of hydrogen-bond donors (Lipinski definition) is 3. The fraction of sp³-hybridized carbons (Fsp3) is 0.533. The van der Waals surface area contributed by atoms with E-state index in [0.29, 0.717) is 6.54 Å². The molecule has 1 heterocycles. The first-order valence-electron chi connectivity index (χ1n) is 7.34. The summed E-state index contributed by atoms with van der Waals surface area (Å²) in [5, 5.41) is 15.5. The number of rotatable bonds is 7. The maximum atomic E-state index is 8.94. The van der Waals surface area contributed by atoms with Gasteiger partial charge in [0.25, 0.3) is 0 Å². The smallest absolute Gasteiger partial charge is 0.147 e. The molecule has 0 radical (unpaired) electrons. The Morgan fingerprint density at radius 1 is 1.33 bits per heavy atom. The van der Waals surface area contributed by atoms with Crippen LogP contribution in [0.3, 0.4) is 0 Å². The predicted octanol–water partition coefficient (Wildman–Crippen LogP) is 0.438. The van der Waals surface area contributed by atoms with Gasteiger partial charge in [-0.1, -0.05) is 35.5 Å². The molecule has 1 fully saturated rings. The number of morpholine rings is 1. The number of benzene rings is 1. The van der Waals surface area contributed by atoms with Crippen LogP contribution in [0.2, 0.25) is 0 Å². The Balaban J connectivity index is 1.79. The number of oxime groups is 1. The Labute approximate surface area is 125 Å². The number of nitrogens with zero attached hydrogens (tertiary/aromatic N) is 2. The highest BCUT2D eigenvalue weighted by atomic mass is 16.5. The minimum Gasteiger partial charge on any atom is -0.409 e. The van der Waals surface area contributed by atoms with Gasteiger partial charge in [-0.25, -0.2) is 0 Å². The summed E-state index contributed by atoms with van der Waals surface area (Å²) in [5.74, 6) is 0.126. The van der Waals surface area contributed by atoms with Gasteiger partial charge < -0.3 is 21.0 Å². The van der Waals surface area contributed by atoms with Crippen molar-refractivity contribution in [1.29, 1.82) is 0 Å². The van der Waals surface area contributed by atoms with Crippen LogP contribution in [0.5, 0.6) is 0 Å². The van der Waals surface area contributed by atoms with Gasteiger partial charge in [-0.05, 0) is 5.56 Å². The Bertz CT molecular complexity index is 433. The molecule has 1 unspecified atom stereocenters. The third kappa shape index (κ3) is 5.00. The summed E-state index contributed by atoms with van der Waals surface area (Å²) in [5.41, 5.74) is 6.86. The van der Waals surface area contributed by atoms with Crippen molar-refractivity contribution in [2.24, 2.45) is 10.9 Å². The molecule has 0 amide bonds. The van der Waals surface area contributed by atoms with Crippen LogP contribution in [0.25, 0.3) is 0 Å². The van der Waals surface area contributed by atoms with Crippen molar-refractivity contribution in [3.8, 4) is 0 Å². The highest BCUT2D eigenvalue weighted by molar-refractivity contribution is 5.87. The molecule has 6 nitrogen and oxygen atoms in total. The Morgan fingerprint density at radius 3 is 2.71 bits per heavy atom. The van der Waals surface area contributed by atoms with Crippen LogP contribution in [-0.4, -0.2) is 61.9 Å². The number of hydrogen-bond acceptors (Lipinski definition) is 5. The molecule has 0 aliphatic carbocycles. The molecule has 1 atom stereocenters. The van der Waals surface area contributed by atoms with Crippen molar-refractivity contribution in [2.75, 3.05) is 45.9 Å². The molecular formula is C15H24N4O2. The third-order valence-electron chi connectivity index (χ3n) is 3.73. The molecule has 1 aromatic carbocycles. The molecule has 21 heavy (non-hydrogen) atoms. The zero-order valence-electron chi connectivity index (χ0n) is 12.2. The van der Waals surface area contributed by atoms with Crippen LogP contribution in [0.15, 0.2) is 35.5 Å². The Morgan fingerprint density at radius 2 is 2.05 bits per heavy atom. The van der Waals surface area contributed by atoms with E-state index in [0.717, 1.165) is 45.0 Å². The second-order valence-electron chi connectivity index (χ2n) is 5.15. The first-order chi connectivity index (χ1) is 10.3. The molecular weight excluding hydrogens is 268 g/mol. The molecule has 0 aromatic heterocycles. The highest BCUT2D eigenvalue weighted by Crippen LogP contribution is 2.14. The second-order valence-corrected chi connectivity index (χ2v) is 5.15. The van der Waals surface area contributed by atoms with Gasteiger partial charge in [0.05, 0.1) is 19.1 Å². The zero-order chi connectivity index (χ0) is 14.9. The maximum absolute atomic E-state index is 8.94. The van der Waals surface area contributed by atoms with Crippen molar-refractivity contribution in [3.05, 3.63) is 35.9 Å². The van der Waals surface area contributed by atoms with Gasteiger partial charge >= 0.3 is 0 Å². The van der Waals surface area contributed by atoms with E-state index in [1.54, 1.807) is 0 Å². The number of amidine groups is 1. The SMILES string of the molecule is NC(=NO)C(CNCCN1CCOCC1)c1ccccc1. The lowest BCUT2D eigenvalue weighted by atomic mass is 9.98. The topological polar surface area (TPSA) is 83.1 Å². The lowest BCUT2D eigenvalue weighted by Gasteiger charge is -2.27. The number of nitrogens with one attached hydrogen (secondary N) is 1. The molecule has 6 heteroatoms. The van der Waals surface area contributed by atoms with Crippen LogP contribution < -0.4 is 11.1 Å². The summed E-state index contributed by atoms with van der Waals surface area (Å²) in [6, 6.07) is 9.86. The van der Waals surface area contributed by atoms with Crippen LogP contribution >= 0.6 is 0 Å². The van der Waals surface area contributed by atoms with Crippen LogP contribution in [0.4, 0.5) is 0 Å². The maximum Gasteiger partial charge on any atom is 0.147 e. The summed E-state index contributed by atoms with van der Waals surface area (Å²) in [6.45, 7) is 6.13. The van der Waals surface area contributed by atoms with Crippen molar-refractivity contribution in [1.82, 2.24) is 10.2 Å². The summed E-state index contributed by atoms with van der Waals surface area (Å²) >= 11 is 0. The lowest BCUT2D eigenvalue weighted by molar-refractivity contribution is 0.0384. The van der Waals surface area contributed by atoms with Gasteiger partial charge in [0.2, 0.25) is 0 Å². The average molecular weight is 292 g/mol. The van der Waals surface area contributed by atoms with E-state index in [1.807, 2.05) is 30.3 Å². The van der Waals surface area contributed by atoms with Crippen molar-refractivity contribution >= 4 is 5.84 Å². The molecule has 0 spiro atoms. The minimum absolute atomic E-state index is 0.110. The highest BCUT2D eigenvalue weighted by Gasteiger charge is 2.16. The third-order valence-corrected chi connectivity index (χ3v) is 3.73. The minimum atomic E-state index is -0.110. The molecule has 1 aliphatic rings. The first kappa shape index (κ1) is 15.8. The fourth-order valence-electron chi connectivity index (χ4n) is 2.46. The van der Waals surface area contributed by atoms with E-state index in [-0.39, 0.29) is 11.8 Å². The van der Waals surface area contributed by atoms with Crippen molar-refractivity contribution < 1.29 is 9.94 Å². The van der Waals surface area contributed by atoms with Gasteiger partial charge in [0.15, 0.2) is 0 Å². The Kier molecular flexibility index (Phi) is 6.46. The van der Waals surface area contributed by atoms with Crippen LogP contribution in [0.1, 0.15) is 11.5 Å². The zero-order valence-corrected chi connectivity index (χ0v) is 12.2. The molecule has 4 N–H and O–H groups in total. The summed E-state index contributed by atoms with van der Waals surface area (Å²) in [7, 11) is 0. The van der Waals surface area contributed by atoms with E-state index < -0.39 is 0 Å². The molecule has 1 aromatic rings. The normalized spacial score (nSPS) is 18.6. The van der Waals surface area contributed by atoms with E-state index in [2.05, 4.69) is 15.4 Å². The quantitative estimate of drug-likeness (QED) is 0.223. The fourth-order valence-corrected chi connectivity index (χ4v) is 2.46. The van der Waals surface area contributed by atoms with Gasteiger partial charge in [0, 0.05) is 32.7 Å². The molecule has 2 rings (SSSR count). The summed E-state index contributed by atoms with van der Waals surface area (Å²) in [4.78, 5) is 2.37. The van der Waals surface area contributed by atoms with Crippen molar-refractivity contribution in [3.63, 3.8) is 0 Å². The lowest BCUT2D eigenvalue weighted by Crippen LogP contribution is -2.41. The number of ether oxygens (including phenoxy) is 1. The van der Waals surface area contributed by atoms with E-state index in [9.17, 15) is 0 Å². The van der Waals surface area contributed by atoms with Crippen molar-refractivity contribution in [2.45, 2.75) is 5.92 Å². The second kappa shape index (κ2) is 8.61. The van der Waals surface area contributed by atoms with Gasteiger partial charge in [0.1, 0.15) is 5.84 Å². The van der Waals surface area contributed by atoms with Gasteiger partial charge in [-0.15, -0.1) is 0 Å². The Hall–Kier alpha value is -1.63. The van der Waals surface area contributed by atoms with Crippen LogP contribution in [0, 0.1) is 0 Å². The summed E-state index contributed by atoms with van der Waals surface area (Å²) < 4.78 is 5.33. The largest absolute Gasteiger partial charge is 0.409 e. The average Bonchev–Trinajstić information content (AvgIpc) is 2.56. The summed E-state index contributed by atoms with van der Waals surface area (Å²) in [6.07, 6.45) is 0. The van der Waals surface area contributed by atoms with E-state index >= 15 is 0 Å². The molecule has 1 aliphatic heterocycles. The van der Waals surface area contributed by atoms with E-state index in [4.69, 9.17) is 15.7 Å². The van der Waals surface area contributed by atoms with Crippen LogP contribution in [-0.2, 0) is 4.74 Å². The monoisotopic (exact) mass is 292 g/mol. The van der Waals surface area contributed by atoms with Gasteiger partial charge in [-0.2, -0.15) is 0 Å². The predicted molar refractivity (Wildman–Crippen MR) is 82.7 cm³/mol. The standard InChI is InChI=1S/C15H24N4O2/c16-15(18-20)14(13-4-2-1-3-5-13)12-17-6-7-19-8-10-21-11-9-19/h1-5,14,17,20H,6-12H2,(H2,16,18).